The second-order valence-electron chi connectivity index (χ2n) is 2.34. The topological polar surface area (TPSA) is 36.7 Å². The molecule has 1 heterocycles. The van der Waals surface area contributed by atoms with Crippen LogP contribution in [0.2, 0.25) is 0 Å². The molecule has 0 unspecified atom stereocenters. The Morgan fingerprint density at radius 2 is 2.23 bits per heavy atom. The van der Waals surface area contributed by atoms with E-state index >= 15 is 0 Å². The third-order valence-electron chi connectivity index (χ3n) is 1.35. The predicted octanol–water partition coefficient (Wildman–Crippen LogP) is 2.69. The number of hydrogen-bond donors (Lipinski definition) is 0. The fourth-order valence-corrected chi connectivity index (χ4v) is 1.53. The summed E-state index contributed by atoms with van der Waals surface area (Å²) in [5.74, 6) is 0. The lowest BCUT2D eigenvalue weighted by molar-refractivity contribution is 0.145. The highest BCUT2D eigenvalue weighted by molar-refractivity contribution is 14.1. The lowest BCUT2D eigenvalue weighted by Gasteiger charge is -2.01. The molecule has 1 aromatic heterocycles. The second-order valence-corrected chi connectivity index (χ2v) is 3.58. The Labute approximate surface area is 87.7 Å². The van der Waals surface area contributed by atoms with Gasteiger partial charge in [-0.2, -0.15) is 5.26 Å². The van der Waals surface area contributed by atoms with E-state index in [0.717, 1.165) is 0 Å². The van der Waals surface area contributed by atoms with Gasteiger partial charge in [-0.3, -0.25) is 4.98 Å². The maximum absolute atomic E-state index is 12.2. The first-order valence-corrected chi connectivity index (χ1v) is 4.53. The van der Waals surface area contributed by atoms with Crippen LogP contribution in [0.4, 0.5) is 8.78 Å². The van der Waals surface area contributed by atoms with Crippen molar-refractivity contribution < 1.29 is 8.78 Å². The molecule has 5 heteroatoms. The van der Waals surface area contributed by atoms with Gasteiger partial charge in [0, 0.05) is 3.57 Å². The van der Waals surface area contributed by atoms with E-state index in [0.29, 0.717) is 9.26 Å². The van der Waals surface area contributed by atoms with Crippen molar-refractivity contribution in [3.8, 4) is 6.07 Å². The Hall–Kier alpha value is -0.770. The van der Waals surface area contributed by atoms with Gasteiger partial charge in [-0.15, -0.1) is 0 Å². The summed E-state index contributed by atoms with van der Waals surface area (Å²) in [6.07, 6.45) is -2.51. The van der Waals surface area contributed by atoms with Crippen LogP contribution in [0.1, 0.15) is 17.8 Å². The van der Waals surface area contributed by atoms with Crippen LogP contribution in [0, 0.1) is 14.9 Å². The van der Waals surface area contributed by atoms with Crippen molar-refractivity contribution in [2.45, 2.75) is 12.8 Å². The smallest absolute Gasteiger partial charge is 0.251 e. The van der Waals surface area contributed by atoms with Crippen LogP contribution in [0.15, 0.2) is 12.1 Å². The Bertz CT molecular complexity index is 346. The first kappa shape index (κ1) is 10.3. The highest BCUT2D eigenvalue weighted by Crippen LogP contribution is 2.19. The molecule has 13 heavy (non-hydrogen) atoms. The maximum Gasteiger partial charge on any atom is 0.280 e. The largest absolute Gasteiger partial charge is 0.280 e. The highest BCUT2D eigenvalue weighted by atomic mass is 127. The SMILES string of the molecule is N#CCc1cc(I)cc(C(F)F)n1. The summed E-state index contributed by atoms with van der Waals surface area (Å²) >= 11 is 1.92. The monoisotopic (exact) mass is 294 g/mol. The Balaban J connectivity index is 3.05. The van der Waals surface area contributed by atoms with Gasteiger partial charge in [0.05, 0.1) is 18.2 Å². The summed E-state index contributed by atoms with van der Waals surface area (Å²) in [5.41, 5.74) is 0.127. The van der Waals surface area contributed by atoms with E-state index in [9.17, 15) is 8.78 Å². The molecule has 0 aliphatic rings. The quantitative estimate of drug-likeness (QED) is 0.786. The van der Waals surface area contributed by atoms with E-state index in [-0.39, 0.29) is 12.1 Å². The number of alkyl halides is 2. The number of nitriles is 1. The molecule has 1 aromatic rings. The molecule has 0 radical (unpaired) electrons. The van der Waals surface area contributed by atoms with Crippen molar-refractivity contribution in [3.63, 3.8) is 0 Å². The van der Waals surface area contributed by atoms with Gasteiger partial charge < -0.3 is 0 Å². The number of halogens is 3. The molecular weight excluding hydrogens is 289 g/mol. The highest BCUT2D eigenvalue weighted by Gasteiger charge is 2.10. The number of aromatic nitrogens is 1. The molecule has 0 saturated heterocycles. The van der Waals surface area contributed by atoms with Crippen molar-refractivity contribution >= 4 is 22.6 Å². The summed E-state index contributed by atoms with van der Waals surface area (Å²) in [4.78, 5) is 3.65. The minimum absolute atomic E-state index is 0.0660. The zero-order valence-electron chi connectivity index (χ0n) is 6.47. The van der Waals surface area contributed by atoms with Gasteiger partial charge >= 0.3 is 0 Å². The summed E-state index contributed by atoms with van der Waals surface area (Å²) < 4.78 is 25.1. The molecule has 68 valence electrons. The summed E-state index contributed by atoms with van der Waals surface area (Å²) in [5, 5.41) is 8.36. The lowest BCUT2D eigenvalue weighted by Crippen LogP contribution is -1.96. The Kier molecular flexibility index (Phi) is 3.54. The van der Waals surface area contributed by atoms with Crippen LogP contribution in [0.5, 0.6) is 0 Å². The van der Waals surface area contributed by atoms with Crippen LogP contribution in [0.3, 0.4) is 0 Å². The Morgan fingerprint density at radius 1 is 1.54 bits per heavy atom. The predicted molar refractivity (Wildman–Crippen MR) is 51.2 cm³/mol. The third-order valence-corrected chi connectivity index (χ3v) is 1.97. The number of hydrogen-bond acceptors (Lipinski definition) is 2. The van der Waals surface area contributed by atoms with Crippen molar-refractivity contribution in [1.29, 1.82) is 5.26 Å². The van der Waals surface area contributed by atoms with Gasteiger partial charge in [0.2, 0.25) is 0 Å². The fourth-order valence-electron chi connectivity index (χ4n) is 0.856. The number of pyridine rings is 1. The maximum atomic E-state index is 12.2. The fraction of sp³-hybridized carbons (Fsp3) is 0.250. The van der Waals surface area contributed by atoms with Gasteiger partial charge in [-0.1, -0.05) is 0 Å². The van der Waals surface area contributed by atoms with E-state index < -0.39 is 6.43 Å². The molecule has 0 N–H and O–H groups in total. The molecule has 0 aliphatic heterocycles. The molecule has 0 atom stereocenters. The van der Waals surface area contributed by atoms with Gasteiger partial charge in [0.25, 0.3) is 6.43 Å². The van der Waals surface area contributed by atoms with Gasteiger partial charge in [-0.05, 0) is 34.7 Å². The normalized spacial score (nSPS) is 10.1. The van der Waals surface area contributed by atoms with Crippen LogP contribution in [-0.4, -0.2) is 4.98 Å². The van der Waals surface area contributed by atoms with Crippen molar-refractivity contribution in [2.75, 3.05) is 0 Å². The zero-order valence-corrected chi connectivity index (χ0v) is 8.62. The molecule has 0 amide bonds. The first-order valence-electron chi connectivity index (χ1n) is 3.45. The van der Waals surface area contributed by atoms with Gasteiger partial charge in [-0.25, -0.2) is 8.78 Å². The minimum atomic E-state index is -2.58. The molecule has 0 fully saturated rings. The molecule has 0 bridgehead atoms. The van der Waals surface area contributed by atoms with E-state index in [1.165, 1.54) is 6.07 Å². The van der Waals surface area contributed by atoms with Crippen LogP contribution in [-0.2, 0) is 6.42 Å². The molecule has 0 aromatic carbocycles. The van der Waals surface area contributed by atoms with Crippen molar-refractivity contribution in [1.82, 2.24) is 4.98 Å². The summed E-state index contributed by atoms with van der Waals surface area (Å²) in [6, 6.07) is 4.80. The Morgan fingerprint density at radius 3 is 2.77 bits per heavy atom. The lowest BCUT2D eigenvalue weighted by atomic mass is 10.2. The van der Waals surface area contributed by atoms with Crippen molar-refractivity contribution in [3.05, 3.63) is 27.1 Å². The van der Waals surface area contributed by atoms with E-state index in [1.54, 1.807) is 6.07 Å². The summed E-state index contributed by atoms with van der Waals surface area (Å²) in [6.45, 7) is 0. The molecule has 0 aliphatic carbocycles. The van der Waals surface area contributed by atoms with Crippen LogP contribution < -0.4 is 0 Å². The van der Waals surface area contributed by atoms with Gasteiger partial charge in [0.15, 0.2) is 0 Å². The molecule has 0 saturated carbocycles. The molecule has 1 rings (SSSR count). The minimum Gasteiger partial charge on any atom is -0.251 e. The number of rotatable bonds is 2. The van der Waals surface area contributed by atoms with Crippen LogP contribution in [0.25, 0.3) is 0 Å². The average molecular weight is 294 g/mol. The van der Waals surface area contributed by atoms with E-state index in [4.69, 9.17) is 5.26 Å². The zero-order chi connectivity index (χ0) is 9.84. The van der Waals surface area contributed by atoms with Gasteiger partial charge in [0.1, 0.15) is 5.69 Å². The van der Waals surface area contributed by atoms with Crippen LogP contribution >= 0.6 is 22.6 Å². The standard InChI is InChI=1S/C8H5F2IN2/c9-8(10)7-4-5(11)3-6(13-7)1-2-12/h3-4,8H,1H2. The summed E-state index contributed by atoms with van der Waals surface area (Å²) in [7, 11) is 0. The average Bonchev–Trinajstić information content (AvgIpc) is 2.03. The first-order chi connectivity index (χ1) is 6.13. The molecule has 2 nitrogen and oxygen atoms in total. The second kappa shape index (κ2) is 4.46. The van der Waals surface area contributed by atoms with E-state index in [2.05, 4.69) is 4.98 Å². The van der Waals surface area contributed by atoms with Crippen molar-refractivity contribution in [2.24, 2.45) is 0 Å². The number of nitrogens with zero attached hydrogens (tertiary/aromatic N) is 2. The molecular formula is C8H5F2IN2. The third kappa shape index (κ3) is 2.88. The molecule has 0 spiro atoms. The van der Waals surface area contributed by atoms with E-state index in [1.807, 2.05) is 28.7 Å².